The Morgan fingerprint density at radius 2 is 2.09 bits per heavy atom. The van der Waals surface area contributed by atoms with Crippen molar-refractivity contribution in [1.82, 2.24) is 4.90 Å². The van der Waals surface area contributed by atoms with Crippen LogP contribution in [0.5, 0.6) is 0 Å². The Kier molecular flexibility index (Phi) is 5.53. The molecule has 0 atom stereocenters. The van der Waals surface area contributed by atoms with Gasteiger partial charge in [0.2, 0.25) is 5.91 Å². The van der Waals surface area contributed by atoms with Gasteiger partial charge in [-0.15, -0.1) is 0 Å². The molecule has 0 radical (unpaired) electrons. The average Bonchev–Trinajstić information content (AvgIpc) is 2.22. The molecule has 0 aromatic rings. The second-order valence-electron chi connectivity index (χ2n) is 2.28. The number of amides is 1. The van der Waals surface area contributed by atoms with Gasteiger partial charge < -0.3 is 4.90 Å². The molecule has 64 valence electrons. The molecule has 0 aromatic carbocycles. The van der Waals surface area contributed by atoms with Crippen LogP contribution in [0, 0.1) is 0 Å². The molecule has 0 unspecified atom stereocenters. The minimum absolute atomic E-state index is 0.226. The van der Waals surface area contributed by atoms with E-state index in [0.29, 0.717) is 6.42 Å². The molecule has 2 heteroatoms. The standard InChI is InChI=1S/C7H11NO.C2H6/c1-8-6-4-2-3-5-7(8)9;1-2/h4,6H,2-3,5H2,1H3;1-2H3. The molecular weight excluding hydrogens is 138 g/mol. The fraction of sp³-hybridized carbons (Fsp3) is 0.667. The second kappa shape index (κ2) is 5.96. The topological polar surface area (TPSA) is 20.3 Å². The summed E-state index contributed by atoms with van der Waals surface area (Å²) in [6, 6.07) is 0. The van der Waals surface area contributed by atoms with Gasteiger partial charge >= 0.3 is 0 Å². The fourth-order valence-electron chi connectivity index (χ4n) is 0.863. The van der Waals surface area contributed by atoms with Crippen molar-refractivity contribution in [1.29, 1.82) is 0 Å². The van der Waals surface area contributed by atoms with Gasteiger partial charge in [-0.3, -0.25) is 4.79 Å². The Morgan fingerprint density at radius 1 is 1.45 bits per heavy atom. The van der Waals surface area contributed by atoms with Gasteiger partial charge in [0.1, 0.15) is 0 Å². The first-order valence-corrected chi connectivity index (χ1v) is 4.23. The van der Waals surface area contributed by atoms with Crippen LogP contribution in [-0.2, 0) is 4.79 Å². The van der Waals surface area contributed by atoms with Crippen molar-refractivity contribution in [3.05, 3.63) is 12.3 Å². The van der Waals surface area contributed by atoms with Crippen LogP contribution in [0.2, 0.25) is 0 Å². The summed E-state index contributed by atoms with van der Waals surface area (Å²) in [5, 5.41) is 0. The largest absolute Gasteiger partial charge is 0.322 e. The highest BCUT2D eigenvalue weighted by atomic mass is 16.2. The van der Waals surface area contributed by atoms with Gasteiger partial charge in [0.05, 0.1) is 0 Å². The fourth-order valence-corrected chi connectivity index (χ4v) is 0.863. The molecule has 0 aliphatic carbocycles. The summed E-state index contributed by atoms with van der Waals surface area (Å²) in [6.07, 6.45) is 6.61. The van der Waals surface area contributed by atoms with Crippen molar-refractivity contribution < 1.29 is 4.79 Å². The van der Waals surface area contributed by atoms with E-state index in [4.69, 9.17) is 0 Å². The smallest absolute Gasteiger partial charge is 0.226 e. The minimum atomic E-state index is 0.226. The monoisotopic (exact) mass is 155 g/mol. The summed E-state index contributed by atoms with van der Waals surface area (Å²) >= 11 is 0. The van der Waals surface area contributed by atoms with Gasteiger partial charge in [0.15, 0.2) is 0 Å². The SMILES string of the molecule is CC.CN1C=CCCCC1=O. The number of nitrogens with zero attached hydrogens (tertiary/aromatic N) is 1. The average molecular weight is 155 g/mol. The molecule has 1 aliphatic rings. The summed E-state index contributed by atoms with van der Waals surface area (Å²) in [4.78, 5) is 12.5. The van der Waals surface area contributed by atoms with Gasteiger partial charge in [0.25, 0.3) is 0 Å². The van der Waals surface area contributed by atoms with Crippen LogP contribution in [0.1, 0.15) is 33.1 Å². The van der Waals surface area contributed by atoms with E-state index in [1.54, 1.807) is 11.9 Å². The van der Waals surface area contributed by atoms with Crippen LogP contribution in [0.15, 0.2) is 12.3 Å². The molecule has 0 saturated carbocycles. The molecule has 1 aliphatic heterocycles. The van der Waals surface area contributed by atoms with Crippen LogP contribution in [0.25, 0.3) is 0 Å². The molecular formula is C9H17NO. The molecule has 11 heavy (non-hydrogen) atoms. The maximum absolute atomic E-state index is 10.9. The van der Waals surface area contributed by atoms with Crippen LogP contribution in [0.3, 0.4) is 0 Å². The summed E-state index contributed by atoms with van der Waals surface area (Å²) in [6.45, 7) is 4.00. The van der Waals surface area contributed by atoms with Crippen LogP contribution in [0.4, 0.5) is 0 Å². The van der Waals surface area contributed by atoms with Crippen LogP contribution >= 0.6 is 0 Å². The molecule has 1 amide bonds. The first-order chi connectivity index (χ1) is 5.30. The van der Waals surface area contributed by atoms with E-state index in [2.05, 4.69) is 0 Å². The lowest BCUT2D eigenvalue weighted by molar-refractivity contribution is -0.127. The molecule has 0 saturated heterocycles. The normalized spacial score (nSPS) is 17.0. The zero-order valence-corrected chi connectivity index (χ0v) is 7.63. The number of allylic oxidation sites excluding steroid dienone is 1. The third-order valence-corrected chi connectivity index (χ3v) is 1.48. The number of rotatable bonds is 0. The van der Waals surface area contributed by atoms with Crippen molar-refractivity contribution in [2.45, 2.75) is 33.1 Å². The quantitative estimate of drug-likeness (QED) is 0.525. The third kappa shape index (κ3) is 3.81. The molecule has 0 aromatic heterocycles. The van der Waals surface area contributed by atoms with Crippen molar-refractivity contribution >= 4 is 5.91 Å². The van der Waals surface area contributed by atoms with Gasteiger partial charge in [-0.2, -0.15) is 0 Å². The predicted octanol–water partition coefficient (Wildman–Crippen LogP) is 2.17. The minimum Gasteiger partial charge on any atom is -0.322 e. The lowest BCUT2D eigenvalue weighted by atomic mass is 10.2. The Balaban J connectivity index is 0.000000461. The molecule has 0 spiro atoms. The van der Waals surface area contributed by atoms with Gasteiger partial charge in [-0.05, 0) is 12.8 Å². The van der Waals surface area contributed by atoms with E-state index in [1.165, 1.54) is 0 Å². The lowest BCUT2D eigenvalue weighted by Crippen LogP contribution is -2.18. The molecule has 1 heterocycles. The van der Waals surface area contributed by atoms with Gasteiger partial charge in [0, 0.05) is 19.7 Å². The highest BCUT2D eigenvalue weighted by molar-refractivity contribution is 5.77. The van der Waals surface area contributed by atoms with E-state index >= 15 is 0 Å². The van der Waals surface area contributed by atoms with E-state index in [1.807, 2.05) is 26.1 Å². The number of carbonyl (C=O) groups is 1. The molecule has 0 bridgehead atoms. The highest BCUT2D eigenvalue weighted by Crippen LogP contribution is 2.05. The van der Waals surface area contributed by atoms with Crippen molar-refractivity contribution in [2.24, 2.45) is 0 Å². The van der Waals surface area contributed by atoms with Crippen molar-refractivity contribution in [3.8, 4) is 0 Å². The summed E-state index contributed by atoms with van der Waals surface area (Å²) < 4.78 is 0. The molecule has 2 nitrogen and oxygen atoms in total. The number of carbonyl (C=O) groups excluding carboxylic acids is 1. The Bertz CT molecular complexity index is 140. The lowest BCUT2D eigenvalue weighted by Gasteiger charge is -2.07. The second-order valence-corrected chi connectivity index (χ2v) is 2.28. The summed E-state index contributed by atoms with van der Waals surface area (Å²) in [7, 11) is 1.80. The zero-order valence-electron chi connectivity index (χ0n) is 7.63. The van der Waals surface area contributed by atoms with E-state index in [0.717, 1.165) is 12.8 Å². The Hall–Kier alpha value is -0.790. The predicted molar refractivity (Wildman–Crippen MR) is 47.1 cm³/mol. The van der Waals surface area contributed by atoms with E-state index in [-0.39, 0.29) is 5.91 Å². The maximum atomic E-state index is 10.9. The highest BCUT2D eigenvalue weighted by Gasteiger charge is 2.06. The number of hydrogen-bond donors (Lipinski definition) is 0. The first kappa shape index (κ1) is 10.2. The van der Waals surface area contributed by atoms with E-state index < -0.39 is 0 Å². The first-order valence-electron chi connectivity index (χ1n) is 4.23. The van der Waals surface area contributed by atoms with Crippen LogP contribution < -0.4 is 0 Å². The third-order valence-electron chi connectivity index (χ3n) is 1.48. The van der Waals surface area contributed by atoms with Gasteiger partial charge in [-0.25, -0.2) is 0 Å². The number of hydrogen-bond acceptors (Lipinski definition) is 1. The van der Waals surface area contributed by atoms with Crippen LogP contribution in [-0.4, -0.2) is 17.9 Å². The zero-order chi connectivity index (χ0) is 8.69. The van der Waals surface area contributed by atoms with Crippen molar-refractivity contribution in [3.63, 3.8) is 0 Å². The van der Waals surface area contributed by atoms with Gasteiger partial charge in [-0.1, -0.05) is 19.9 Å². The van der Waals surface area contributed by atoms with Crippen molar-refractivity contribution in [2.75, 3.05) is 7.05 Å². The molecule has 0 fully saturated rings. The molecule has 0 N–H and O–H groups in total. The summed E-state index contributed by atoms with van der Waals surface area (Å²) in [5.74, 6) is 0.226. The Labute approximate surface area is 68.9 Å². The Morgan fingerprint density at radius 3 is 2.73 bits per heavy atom. The maximum Gasteiger partial charge on any atom is 0.226 e. The molecule has 1 rings (SSSR count). The van der Waals surface area contributed by atoms with E-state index in [9.17, 15) is 4.79 Å². The summed E-state index contributed by atoms with van der Waals surface area (Å²) in [5.41, 5.74) is 0.